The van der Waals surface area contributed by atoms with Crippen LogP contribution in [0.4, 0.5) is 10.5 Å². The van der Waals surface area contributed by atoms with E-state index in [0.717, 1.165) is 4.90 Å². The number of benzene rings is 2. The van der Waals surface area contributed by atoms with Crippen LogP contribution in [0.15, 0.2) is 35.9 Å². The molecule has 0 spiro atoms. The first-order valence-electron chi connectivity index (χ1n) is 9.32. The molecule has 1 N–H and O–H groups in total. The summed E-state index contributed by atoms with van der Waals surface area (Å²) in [5.41, 5.74) is 0.270. The summed E-state index contributed by atoms with van der Waals surface area (Å²) >= 11 is 0. The van der Waals surface area contributed by atoms with Crippen LogP contribution in [0.25, 0.3) is 6.08 Å². The number of urea groups is 1. The molecule has 0 bridgehead atoms. The molecule has 1 aliphatic rings. The molecule has 0 saturated carbocycles. The van der Waals surface area contributed by atoms with Gasteiger partial charge in [0.1, 0.15) is 17.1 Å². The fourth-order valence-electron chi connectivity index (χ4n) is 3.20. The number of imide groups is 2. The van der Waals surface area contributed by atoms with E-state index in [0.29, 0.717) is 28.6 Å². The van der Waals surface area contributed by atoms with Gasteiger partial charge in [-0.3, -0.25) is 14.9 Å². The van der Waals surface area contributed by atoms with Crippen molar-refractivity contribution in [1.29, 1.82) is 0 Å². The Balaban J connectivity index is 2.11. The minimum absolute atomic E-state index is 0.123. The minimum Gasteiger partial charge on any atom is -0.497 e. The summed E-state index contributed by atoms with van der Waals surface area (Å²) in [5.74, 6) is -0.000757. The quantitative estimate of drug-likeness (QED) is 0.514. The first-order valence-corrected chi connectivity index (χ1v) is 9.32. The number of nitrogens with one attached hydrogen (secondary N) is 1. The van der Waals surface area contributed by atoms with Crippen molar-refractivity contribution in [3.8, 4) is 28.7 Å². The monoisotopic (exact) mass is 442 g/mol. The smallest absolute Gasteiger partial charge is 0.336 e. The second-order valence-corrected chi connectivity index (χ2v) is 6.45. The van der Waals surface area contributed by atoms with Crippen molar-refractivity contribution in [1.82, 2.24) is 5.32 Å². The highest BCUT2D eigenvalue weighted by Gasteiger charge is 2.38. The number of nitrogens with zero attached hydrogens (tertiary/aromatic N) is 1. The Hall–Kier alpha value is -4.21. The van der Waals surface area contributed by atoms with Crippen LogP contribution in [0.1, 0.15) is 5.56 Å². The fourth-order valence-corrected chi connectivity index (χ4v) is 3.20. The van der Waals surface area contributed by atoms with E-state index in [1.54, 1.807) is 24.3 Å². The number of anilines is 1. The van der Waals surface area contributed by atoms with E-state index in [4.69, 9.17) is 23.7 Å². The second kappa shape index (κ2) is 9.29. The lowest BCUT2D eigenvalue weighted by atomic mass is 10.1. The molecule has 32 heavy (non-hydrogen) atoms. The van der Waals surface area contributed by atoms with Gasteiger partial charge in [0, 0.05) is 6.07 Å². The van der Waals surface area contributed by atoms with Gasteiger partial charge in [0.25, 0.3) is 11.8 Å². The summed E-state index contributed by atoms with van der Waals surface area (Å²) in [4.78, 5) is 39.1. The SMILES string of the molecule is COc1ccc(OC)c(N2C(=O)NC(=O)C(=Cc3cc(OC)c(OC)c(OC)c3)C2=O)c1. The molecule has 10 heteroatoms. The number of barbiturate groups is 1. The molecule has 4 amide bonds. The van der Waals surface area contributed by atoms with Gasteiger partial charge in [0.15, 0.2) is 11.5 Å². The minimum atomic E-state index is -0.909. The van der Waals surface area contributed by atoms with Crippen molar-refractivity contribution in [2.24, 2.45) is 0 Å². The molecule has 1 aliphatic heterocycles. The summed E-state index contributed by atoms with van der Waals surface area (Å²) in [5, 5.41) is 2.17. The Bertz CT molecular complexity index is 1080. The third kappa shape index (κ3) is 4.02. The maximum atomic E-state index is 13.2. The van der Waals surface area contributed by atoms with Crippen LogP contribution in [-0.4, -0.2) is 53.4 Å². The second-order valence-electron chi connectivity index (χ2n) is 6.45. The largest absolute Gasteiger partial charge is 0.497 e. The van der Waals surface area contributed by atoms with Crippen LogP contribution >= 0.6 is 0 Å². The Kier molecular flexibility index (Phi) is 6.53. The normalized spacial score (nSPS) is 14.8. The van der Waals surface area contributed by atoms with Gasteiger partial charge < -0.3 is 23.7 Å². The van der Waals surface area contributed by atoms with Gasteiger partial charge in [-0.25, -0.2) is 9.69 Å². The lowest BCUT2D eigenvalue weighted by Gasteiger charge is -2.27. The highest BCUT2D eigenvalue weighted by Crippen LogP contribution is 2.39. The lowest BCUT2D eigenvalue weighted by molar-refractivity contribution is -0.122. The van der Waals surface area contributed by atoms with Crippen molar-refractivity contribution < 1.29 is 38.1 Å². The summed E-state index contributed by atoms with van der Waals surface area (Å²) in [6.45, 7) is 0. The van der Waals surface area contributed by atoms with E-state index >= 15 is 0 Å². The van der Waals surface area contributed by atoms with Crippen LogP contribution in [0.2, 0.25) is 0 Å². The van der Waals surface area contributed by atoms with E-state index in [2.05, 4.69) is 5.32 Å². The van der Waals surface area contributed by atoms with Crippen LogP contribution in [0, 0.1) is 0 Å². The zero-order valence-corrected chi connectivity index (χ0v) is 18.2. The molecule has 0 unspecified atom stereocenters. The number of carbonyl (C=O) groups is 3. The molecule has 0 atom stereocenters. The third-order valence-corrected chi connectivity index (χ3v) is 4.73. The number of carbonyl (C=O) groups excluding carboxylic acids is 3. The van der Waals surface area contributed by atoms with Crippen LogP contribution in [0.3, 0.4) is 0 Å². The van der Waals surface area contributed by atoms with Crippen molar-refractivity contribution in [3.63, 3.8) is 0 Å². The maximum absolute atomic E-state index is 13.2. The molecule has 1 saturated heterocycles. The highest BCUT2D eigenvalue weighted by molar-refractivity contribution is 6.39. The molecular formula is C22H22N2O8. The molecule has 1 fully saturated rings. The van der Waals surface area contributed by atoms with Gasteiger partial charge in [0.2, 0.25) is 5.75 Å². The number of rotatable bonds is 7. The molecule has 0 aromatic heterocycles. The van der Waals surface area contributed by atoms with Crippen molar-refractivity contribution in [3.05, 3.63) is 41.5 Å². The zero-order chi connectivity index (χ0) is 23.4. The number of hydrogen-bond donors (Lipinski definition) is 1. The number of methoxy groups -OCH3 is 5. The van der Waals surface area contributed by atoms with Gasteiger partial charge in [0.05, 0.1) is 41.2 Å². The Morgan fingerprint density at radius 2 is 1.41 bits per heavy atom. The predicted octanol–water partition coefficient (Wildman–Crippen LogP) is 2.40. The molecule has 2 aromatic carbocycles. The average Bonchev–Trinajstić information content (AvgIpc) is 2.80. The molecular weight excluding hydrogens is 420 g/mol. The molecule has 0 radical (unpaired) electrons. The van der Waals surface area contributed by atoms with E-state index in [1.807, 2.05) is 0 Å². The Labute approximate surface area is 184 Å². The standard InChI is InChI=1S/C22H22N2O8/c1-28-13-6-7-16(29-2)15(11-13)24-21(26)14(20(25)23-22(24)27)8-12-9-17(30-3)19(32-5)18(10-12)31-4/h6-11H,1-5H3,(H,23,25,27). The molecule has 1 heterocycles. The number of hydrogen-bond acceptors (Lipinski definition) is 8. The lowest BCUT2D eigenvalue weighted by Crippen LogP contribution is -2.54. The van der Waals surface area contributed by atoms with Crippen molar-refractivity contribution >= 4 is 29.6 Å². The molecule has 168 valence electrons. The zero-order valence-electron chi connectivity index (χ0n) is 18.2. The molecule has 10 nitrogen and oxygen atoms in total. The van der Waals surface area contributed by atoms with Gasteiger partial charge in [-0.05, 0) is 35.9 Å². The van der Waals surface area contributed by atoms with E-state index in [1.165, 1.54) is 47.7 Å². The molecule has 2 aromatic rings. The van der Waals surface area contributed by atoms with Crippen molar-refractivity contribution in [2.45, 2.75) is 0 Å². The van der Waals surface area contributed by atoms with Gasteiger partial charge in [-0.1, -0.05) is 0 Å². The van der Waals surface area contributed by atoms with Gasteiger partial charge in [-0.2, -0.15) is 0 Å². The molecule has 0 aliphatic carbocycles. The summed E-state index contributed by atoms with van der Waals surface area (Å²) < 4.78 is 26.4. The van der Waals surface area contributed by atoms with Crippen LogP contribution in [0.5, 0.6) is 28.7 Å². The van der Waals surface area contributed by atoms with Gasteiger partial charge in [-0.15, -0.1) is 0 Å². The Morgan fingerprint density at radius 1 is 0.781 bits per heavy atom. The van der Waals surface area contributed by atoms with E-state index in [9.17, 15) is 14.4 Å². The van der Waals surface area contributed by atoms with Crippen LogP contribution in [-0.2, 0) is 9.59 Å². The van der Waals surface area contributed by atoms with E-state index < -0.39 is 17.8 Å². The highest BCUT2D eigenvalue weighted by atomic mass is 16.5. The van der Waals surface area contributed by atoms with Crippen LogP contribution < -0.4 is 33.9 Å². The van der Waals surface area contributed by atoms with E-state index in [-0.39, 0.29) is 17.0 Å². The van der Waals surface area contributed by atoms with Crippen molar-refractivity contribution in [2.75, 3.05) is 40.4 Å². The molecule has 3 rings (SSSR count). The first-order chi connectivity index (χ1) is 15.4. The first kappa shape index (κ1) is 22.5. The fraction of sp³-hybridized carbons (Fsp3) is 0.227. The number of amides is 4. The Morgan fingerprint density at radius 3 is 1.94 bits per heavy atom. The van der Waals surface area contributed by atoms with Gasteiger partial charge >= 0.3 is 6.03 Å². The summed E-state index contributed by atoms with van der Waals surface area (Å²) in [6, 6.07) is 6.86. The maximum Gasteiger partial charge on any atom is 0.336 e. The predicted molar refractivity (Wildman–Crippen MR) is 115 cm³/mol. The summed E-state index contributed by atoms with van der Waals surface area (Å²) in [6.07, 6.45) is 1.33. The summed E-state index contributed by atoms with van der Waals surface area (Å²) in [7, 11) is 7.20. The third-order valence-electron chi connectivity index (χ3n) is 4.73. The average molecular weight is 442 g/mol. The number of ether oxygens (including phenoxy) is 5. The topological polar surface area (TPSA) is 113 Å².